The maximum Gasteiger partial charge on any atom is 0.220 e. The van der Waals surface area contributed by atoms with Gasteiger partial charge in [0.25, 0.3) is 0 Å². The van der Waals surface area contributed by atoms with Gasteiger partial charge >= 0.3 is 0 Å². The SMILES string of the molecule is O=C(CCc1cccs1)NCC(O)c1ccsc1. The van der Waals surface area contributed by atoms with E-state index in [0.29, 0.717) is 6.42 Å². The molecule has 5 heteroatoms. The first kappa shape index (κ1) is 13.3. The van der Waals surface area contributed by atoms with Gasteiger partial charge in [-0.2, -0.15) is 11.3 Å². The molecule has 2 aromatic rings. The summed E-state index contributed by atoms with van der Waals surface area (Å²) in [5.41, 5.74) is 0.860. The Kier molecular flexibility index (Phi) is 4.92. The summed E-state index contributed by atoms with van der Waals surface area (Å²) in [4.78, 5) is 12.8. The van der Waals surface area contributed by atoms with Crippen LogP contribution in [0.1, 0.15) is 23.0 Å². The number of aliphatic hydroxyl groups is 1. The Morgan fingerprint density at radius 1 is 1.39 bits per heavy atom. The van der Waals surface area contributed by atoms with Gasteiger partial charge in [0.1, 0.15) is 0 Å². The second kappa shape index (κ2) is 6.68. The molecule has 3 nitrogen and oxygen atoms in total. The Hall–Kier alpha value is -1.17. The number of aryl methyl sites for hydroxylation is 1. The number of rotatable bonds is 6. The number of carbonyl (C=O) groups excluding carboxylic acids is 1. The molecular formula is C13H15NO2S2. The number of amides is 1. The average Bonchev–Trinajstić information content (AvgIpc) is 3.05. The van der Waals surface area contributed by atoms with E-state index in [2.05, 4.69) is 5.32 Å². The lowest BCUT2D eigenvalue weighted by Crippen LogP contribution is -2.28. The van der Waals surface area contributed by atoms with Crippen LogP contribution in [0.2, 0.25) is 0 Å². The van der Waals surface area contributed by atoms with Crippen LogP contribution in [-0.2, 0) is 11.2 Å². The smallest absolute Gasteiger partial charge is 0.220 e. The van der Waals surface area contributed by atoms with Crippen molar-refractivity contribution in [3.05, 3.63) is 44.8 Å². The van der Waals surface area contributed by atoms with Gasteiger partial charge in [-0.25, -0.2) is 0 Å². The van der Waals surface area contributed by atoms with E-state index in [9.17, 15) is 9.90 Å². The molecule has 0 aromatic carbocycles. The third kappa shape index (κ3) is 3.94. The van der Waals surface area contributed by atoms with Gasteiger partial charge in [0.2, 0.25) is 5.91 Å². The summed E-state index contributed by atoms with van der Waals surface area (Å²) in [5.74, 6) is -0.0160. The van der Waals surface area contributed by atoms with E-state index < -0.39 is 6.10 Å². The number of hydrogen-bond acceptors (Lipinski definition) is 4. The molecule has 2 rings (SSSR count). The van der Waals surface area contributed by atoms with E-state index in [-0.39, 0.29) is 12.5 Å². The summed E-state index contributed by atoms with van der Waals surface area (Å²) < 4.78 is 0. The molecular weight excluding hydrogens is 266 g/mol. The zero-order valence-electron chi connectivity index (χ0n) is 9.83. The third-order valence-electron chi connectivity index (χ3n) is 2.60. The summed E-state index contributed by atoms with van der Waals surface area (Å²) >= 11 is 3.20. The maximum absolute atomic E-state index is 11.6. The first-order chi connectivity index (χ1) is 8.75. The molecule has 0 bridgehead atoms. The zero-order valence-corrected chi connectivity index (χ0v) is 11.5. The van der Waals surface area contributed by atoms with Crippen LogP contribution in [0, 0.1) is 0 Å². The number of nitrogens with one attached hydrogen (secondary N) is 1. The topological polar surface area (TPSA) is 49.3 Å². The molecule has 18 heavy (non-hydrogen) atoms. The molecule has 1 atom stereocenters. The predicted octanol–water partition coefficient (Wildman–Crippen LogP) is 2.59. The fourth-order valence-electron chi connectivity index (χ4n) is 1.57. The van der Waals surface area contributed by atoms with Crippen LogP contribution in [0.5, 0.6) is 0 Å². The second-order valence-corrected chi connectivity index (χ2v) is 5.77. The molecule has 1 unspecified atom stereocenters. The van der Waals surface area contributed by atoms with Crippen LogP contribution in [-0.4, -0.2) is 17.6 Å². The van der Waals surface area contributed by atoms with Gasteiger partial charge in [-0.05, 0) is 40.3 Å². The summed E-state index contributed by atoms with van der Waals surface area (Å²) in [6, 6.07) is 5.88. The van der Waals surface area contributed by atoms with Crippen LogP contribution in [0.25, 0.3) is 0 Å². The van der Waals surface area contributed by atoms with Crippen molar-refractivity contribution < 1.29 is 9.90 Å². The van der Waals surface area contributed by atoms with E-state index >= 15 is 0 Å². The van der Waals surface area contributed by atoms with Gasteiger partial charge in [0.15, 0.2) is 0 Å². The molecule has 1 amide bonds. The van der Waals surface area contributed by atoms with Crippen molar-refractivity contribution in [3.63, 3.8) is 0 Å². The number of carbonyl (C=O) groups is 1. The quantitative estimate of drug-likeness (QED) is 0.855. The maximum atomic E-state index is 11.6. The summed E-state index contributed by atoms with van der Waals surface area (Å²) in [7, 11) is 0. The molecule has 2 N–H and O–H groups in total. The Morgan fingerprint density at radius 2 is 2.28 bits per heavy atom. The van der Waals surface area contributed by atoms with Gasteiger partial charge < -0.3 is 10.4 Å². The lowest BCUT2D eigenvalue weighted by Gasteiger charge is -2.10. The molecule has 96 valence electrons. The molecule has 0 aliphatic rings. The molecule has 0 fully saturated rings. The van der Waals surface area contributed by atoms with Crippen molar-refractivity contribution in [2.24, 2.45) is 0 Å². The first-order valence-corrected chi connectivity index (χ1v) is 7.57. The molecule has 2 aromatic heterocycles. The molecule has 0 aliphatic carbocycles. The highest BCUT2D eigenvalue weighted by Crippen LogP contribution is 2.15. The highest BCUT2D eigenvalue weighted by molar-refractivity contribution is 7.09. The average molecular weight is 281 g/mol. The molecule has 0 radical (unpaired) electrons. The fourth-order valence-corrected chi connectivity index (χ4v) is 2.99. The van der Waals surface area contributed by atoms with Gasteiger partial charge in [-0.15, -0.1) is 11.3 Å². The minimum absolute atomic E-state index is 0.0160. The standard InChI is InChI=1S/C13H15NO2S2/c15-12(10-5-7-17-9-10)8-14-13(16)4-3-11-2-1-6-18-11/h1-2,5-7,9,12,15H,3-4,8H2,(H,14,16). The Labute approximate surface area is 114 Å². The van der Waals surface area contributed by atoms with Crippen LogP contribution < -0.4 is 5.32 Å². The first-order valence-electron chi connectivity index (χ1n) is 5.75. The minimum atomic E-state index is -0.609. The van der Waals surface area contributed by atoms with E-state index in [1.54, 1.807) is 11.3 Å². The zero-order chi connectivity index (χ0) is 12.8. The Bertz CT molecular complexity index is 465. The van der Waals surface area contributed by atoms with Crippen molar-refractivity contribution in [3.8, 4) is 0 Å². The predicted molar refractivity (Wildman–Crippen MR) is 74.9 cm³/mol. The van der Waals surface area contributed by atoms with Crippen molar-refractivity contribution in [1.29, 1.82) is 0 Å². The second-order valence-electron chi connectivity index (χ2n) is 3.96. The highest BCUT2D eigenvalue weighted by Gasteiger charge is 2.09. The number of aliphatic hydroxyl groups excluding tert-OH is 1. The summed E-state index contributed by atoms with van der Waals surface area (Å²) in [5, 5.41) is 18.4. The van der Waals surface area contributed by atoms with Gasteiger partial charge in [-0.1, -0.05) is 6.07 Å². The largest absolute Gasteiger partial charge is 0.387 e. The molecule has 0 spiro atoms. The number of hydrogen-bond donors (Lipinski definition) is 2. The lowest BCUT2D eigenvalue weighted by atomic mass is 10.2. The van der Waals surface area contributed by atoms with E-state index in [4.69, 9.17) is 0 Å². The summed E-state index contributed by atoms with van der Waals surface area (Å²) in [6.45, 7) is 0.278. The molecule has 0 aliphatic heterocycles. The van der Waals surface area contributed by atoms with Crippen LogP contribution in [0.3, 0.4) is 0 Å². The van der Waals surface area contributed by atoms with Crippen LogP contribution >= 0.6 is 22.7 Å². The van der Waals surface area contributed by atoms with E-state index in [1.165, 1.54) is 16.2 Å². The van der Waals surface area contributed by atoms with E-state index in [1.807, 2.05) is 34.3 Å². The van der Waals surface area contributed by atoms with Crippen LogP contribution in [0.4, 0.5) is 0 Å². The monoisotopic (exact) mass is 281 g/mol. The third-order valence-corrected chi connectivity index (χ3v) is 4.24. The molecule has 2 heterocycles. The van der Waals surface area contributed by atoms with Crippen LogP contribution in [0.15, 0.2) is 34.3 Å². The van der Waals surface area contributed by atoms with Crippen molar-refractivity contribution in [2.45, 2.75) is 18.9 Å². The normalized spacial score (nSPS) is 12.3. The van der Waals surface area contributed by atoms with Crippen molar-refractivity contribution >= 4 is 28.6 Å². The number of thiophene rings is 2. The summed E-state index contributed by atoms with van der Waals surface area (Å²) in [6.07, 6.45) is 0.622. The molecule has 0 saturated heterocycles. The van der Waals surface area contributed by atoms with E-state index in [0.717, 1.165) is 12.0 Å². The van der Waals surface area contributed by atoms with Gasteiger partial charge in [0.05, 0.1) is 6.10 Å². The highest BCUT2D eigenvalue weighted by atomic mass is 32.1. The Balaban J connectivity index is 1.68. The van der Waals surface area contributed by atoms with Gasteiger partial charge in [-0.3, -0.25) is 4.79 Å². The van der Waals surface area contributed by atoms with Crippen molar-refractivity contribution in [1.82, 2.24) is 5.32 Å². The van der Waals surface area contributed by atoms with Crippen molar-refractivity contribution in [2.75, 3.05) is 6.54 Å². The Morgan fingerprint density at radius 3 is 2.94 bits per heavy atom. The molecule has 0 saturated carbocycles. The fraction of sp³-hybridized carbons (Fsp3) is 0.308. The minimum Gasteiger partial charge on any atom is -0.387 e. The lowest BCUT2D eigenvalue weighted by molar-refractivity contribution is -0.121. The van der Waals surface area contributed by atoms with Gasteiger partial charge in [0, 0.05) is 17.8 Å².